The zero-order chi connectivity index (χ0) is 15.5. The number of anilines is 1. The van der Waals surface area contributed by atoms with E-state index in [1.807, 2.05) is 0 Å². The van der Waals surface area contributed by atoms with Crippen LogP contribution in [-0.4, -0.2) is 45.5 Å². The minimum atomic E-state index is -4.64. The first-order valence-electron chi connectivity index (χ1n) is 5.77. The van der Waals surface area contributed by atoms with Crippen molar-refractivity contribution in [1.82, 2.24) is 19.8 Å². The second-order valence-corrected chi connectivity index (χ2v) is 3.96. The molecule has 1 amide bonds. The number of primary amides is 1. The molecule has 114 valence electrons. The van der Waals surface area contributed by atoms with Crippen LogP contribution in [0.3, 0.4) is 0 Å². The van der Waals surface area contributed by atoms with Crippen LogP contribution in [0.15, 0.2) is 12.1 Å². The van der Waals surface area contributed by atoms with Gasteiger partial charge in [0.2, 0.25) is 5.91 Å². The predicted molar refractivity (Wildman–Crippen MR) is 64.3 cm³/mol. The van der Waals surface area contributed by atoms with Gasteiger partial charge in [-0.15, -0.1) is 15.3 Å². The van der Waals surface area contributed by atoms with Gasteiger partial charge in [-0.25, -0.2) is 0 Å². The maximum absolute atomic E-state index is 12.7. The van der Waals surface area contributed by atoms with Crippen LogP contribution in [0, 0.1) is 0 Å². The molecule has 0 bridgehead atoms. The average Bonchev–Trinajstić information content (AvgIpc) is 2.80. The predicted octanol–water partition coefficient (Wildman–Crippen LogP) is 0.0569. The van der Waals surface area contributed by atoms with Gasteiger partial charge in [0, 0.05) is 6.54 Å². The summed E-state index contributed by atoms with van der Waals surface area (Å²) in [5.41, 5.74) is 4.86. The van der Waals surface area contributed by atoms with Gasteiger partial charge in [-0.05, 0) is 12.1 Å². The summed E-state index contributed by atoms with van der Waals surface area (Å²) in [4.78, 5) is 10.4. The van der Waals surface area contributed by atoms with Crippen molar-refractivity contribution in [2.24, 2.45) is 5.73 Å². The molecule has 3 N–H and O–H groups in total. The van der Waals surface area contributed by atoms with Crippen LogP contribution in [-0.2, 0) is 15.7 Å². The lowest BCUT2D eigenvalue weighted by atomic mass is 10.5. The lowest BCUT2D eigenvalue weighted by molar-refractivity contribution is -0.146. The normalized spacial score (nSPS) is 11.8. The second kappa shape index (κ2) is 5.91. The van der Waals surface area contributed by atoms with Gasteiger partial charge in [0.15, 0.2) is 5.65 Å². The van der Waals surface area contributed by atoms with Crippen LogP contribution in [0.25, 0.3) is 5.65 Å². The van der Waals surface area contributed by atoms with E-state index < -0.39 is 17.9 Å². The van der Waals surface area contributed by atoms with Crippen molar-refractivity contribution >= 4 is 17.4 Å². The summed E-state index contributed by atoms with van der Waals surface area (Å²) in [6.07, 6.45) is -4.64. The molecule has 21 heavy (non-hydrogen) atoms. The number of nitrogens with zero attached hydrogens (tertiary/aromatic N) is 4. The third-order valence-electron chi connectivity index (χ3n) is 2.31. The number of amides is 1. The summed E-state index contributed by atoms with van der Waals surface area (Å²) in [6, 6.07) is 2.81. The number of halogens is 3. The van der Waals surface area contributed by atoms with Gasteiger partial charge < -0.3 is 15.8 Å². The zero-order valence-corrected chi connectivity index (χ0v) is 10.6. The molecule has 0 aromatic carbocycles. The van der Waals surface area contributed by atoms with Gasteiger partial charge in [-0.2, -0.15) is 17.7 Å². The van der Waals surface area contributed by atoms with Crippen LogP contribution < -0.4 is 11.1 Å². The summed E-state index contributed by atoms with van der Waals surface area (Å²) >= 11 is 0. The van der Waals surface area contributed by atoms with E-state index in [1.54, 1.807) is 0 Å². The Morgan fingerprint density at radius 2 is 2.14 bits per heavy atom. The summed E-state index contributed by atoms with van der Waals surface area (Å²) in [7, 11) is 0. The number of alkyl halides is 3. The van der Waals surface area contributed by atoms with Crippen molar-refractivity contribution < 1.29 is 22.7 Å². The number of aromatic nitrogens is 4. The Bertz CT molecular complexity index is 641. The summed E-state index contributed by atoms with van der Waals surface area (Å²) in [6.45, 7) is 0.171. The van der Waals surface area contributed by atoms with E-state index in [4.69, 9.17) is 10.5 Å². The van der Waals surface area contributed by atoms with E-state index in [2.05, 4.69) is 20.6 Å². The third kappa shape index (κ3) is 3.78. The Kier molecular flexibility index (Phi) is 4.21. The SMILES string of the molecule is NC(=O)COCCNc1ccc2nnc(C(F)(F)F)n2n1. The van der Waals surface area contributed by atoms with Crippen LogP contribution in [0.2, 0.25) is 0 Å². The minimum Gasteiger partial charge on any atom is -0.370 e. The van der Waals surface area contributed by atoms with Gasteiger partial charge in [0.05, 0.1) is 6.61 Å². The molecule has 0 saturated heterocycles. The van der Waals surface area contributed by atoms with Crippen molar-refractivity contribution in [3.05, 3.63) is 18.0 Å². The zero-order valence-electron chi connectivity index (χ0n) is 10.6. The molecule has 0 fully saturated rings. The van der Waals surface area contributed by atoms with Crippen LogP contribution in [0.1, 0.15) is 5.82 Å². The molecule has 0 aliphatic rings. The van der Waals surface area contributed by atoms with Crippen LogP contribution in [0.5, 0.6) is 0 Å². The fourth-order valence-corrected chi connectivity index (χ4v) is 1.48. The number of nitrogens with two attached hydrogens (primary N) is 1. The molecule has 2 aromatic heterocycles. The van der Waals surface area contributed by atoms with E-state index >= 15 is 0 Å². The Balaban J connectivity index is 2.03. The largest absolute Gasteiger partial charge is 0.453 e. The molecule has 0 saturated carbocycles. The summed E-state index contributed by atoms with van der Waals surface area (Å²) < 4.78 is 43.5. The summed E-state index contributed by atoms with van der Waals surface area (Å²) in [5.74, 6) is -1.62. The number of fused-ring (bicyclic) bond motifs is 1. The fourth-order valence-electron chi connectivity index (χ4n) is 1.48. The maximum Gasteiger partial charge on any atom is 0.453 e. The van der Waals surface area contributed by atoms with E-state index in [0.717, 1.165) is 0 Å². The molecule has 0 aliphatic carbocycles. The molecule has 0 atom stereocenters. The Morgan fingerprint density at radius 1 is 1.38 bits per heavy atom. The molecule has 0 unspecified atom stereocenters. The fraction of sp³-hybridized carbons (Fsp3) is 0.400. The van der Waals surface area contributed by atoms with Crippen molar-refractivity contribution in [3.8, 4) is 0 Å². The molecular weight excluding hydrogens is 293 g/mol. The topological polar surface area (TPSA) is 107 Å². The summed E-state index contributed by atoms with van der Waals surface area (Å²) in [5, 5.41) is 12.9. The highest BCUT2D eigenvalue weighted by Crippen LogP contribution is 2.27. The highest BCUT2D eigenvalue weighted by atomic mass is 19.4. The van der Waals surface area contributed by atoms with E-state index in [9.17, 15) is 18.0 Å². The molecule has 0 radical (unpaired) electrons. The number of carbonyl (C=O) groups excluding carboxylic acids is 1. The smallest absolute Gasteiger partial charge is 0.370 e. The highest BCUT2D eigenvalue weighted by Gasteiger charge is 2.37. The van der Waals surface area contributed by atoms with Crippen LogP contribution >= 0.6 is 0 Å². The number of ether oxygens (including phenoxy) is 1. The van der Waals surface area contributed by atoms with Gasteiger partial charge in [0.25, 0.3) is 5.82 Å². The molecule has 8 nitrogen and oxygen atoms in total. The number of carbonyl (C=O) groups is 1. The van der Waals surface area contributed by atoms with Gasteiger partial charge in [-0.3, -0.25) is 4.79 Å². The van der Waals surface area contributed by atoms with Gasteiger partial charge >= 0.3 is 6.18 Å². The molecule has 2 aromatic rings. The Labute approximate surface area is 116 Å². The van der Waals surface area contributed by atoms with Gasteiger partial charge in [0.1, 0.15) is 12.4 Å². The maximum atomic E-state index is 12.7. The number of nitrogens with one attached hydrogen (secondary N) is 1. The first-order valence-corrected chi connectivity index (χ1v) is 5.77. The van der Waals surface area contributed by atoms with Crippen molar-refractivity contribution in [3.63, 3.8) is 0 Å². The third-order valence-corrected chi connectivity index (χ3v) is 2.31. The molecule has 0 spiro atoms. The number of rotatable bonds is 6. The van der Waals surface area contributed by atoms with Crippen LogP contribution in [0.4, 0.5) is 19.0 Å². The van der Waals surface area contributed by atoms with E-state index in [0.29, 0.717) is 4.52 Å². The molecule has 2 rings (SSSR count). The van der Waals surface area contributed by atoms with Crippen molar-refractivity contribution in [1.29, 1.82) is 0 Å². The average molecular weight is 304 g/mol. The molecule has 11 heteroatoms. The molecule has 2 heterocycles. The highest BCUT2D eigenvalue weighted by molar-refractivity contribution is 5.74. The first-order chi connectivity index (χ1) is 9.88. The first kappa shape index (κ1) is 15.0. The van der Waals surface area contributed by atoms with E-state index in [1.165, 1.54) is 12.1 Å². The monoisotopic (exact) mass is 304 g/mol. The minimum absolute atomic E-state index is 0.0159. The standard InChI is InChI=1S/C10H11F3N6O2/c11-10(12,13)9-17-16-8-2-1-7(18-19(8)9)15-3-4-21-5-6(14)20/h1-2H,3-5H2,(H2,14,20)(H,15,18). The lowest BCUT2D eigenvalue weighted by Gasteiger charge is -2.07. The number of hydrogen-bond donors (Lipinski definition) is 2. The lowest BCUT2D eigenvalue weighted by Crippen LogP contribution is -2.21. The Hall–Kier alpha value is -2.43. The molecule has 0 aliphatic heterocycles. The van der Waals surface area contributed by atoms with Crippen molar-refractivity contribution in [2.45, 2.75) is 6.18 Å². The molecular formula is C10H11F3N6O2. The quantitative estimate of drug-likeness (QED) is 0.731. The Morgan fingerprint density at radius 3 is 2.81 bits per heavy atom. The van der Waals surface area contributed by atoms with Crippen molar-refractivity contribution in [2.75, 3.05) is 25.1 Å². The van der Waals surface area contributed by atoms with Gasteiger partial charge in [-0.1, -0.05) is 0 Å². The number of hydrogen-bond acceptors (Lipinski definition) is 6. The van der Waals surface area contributed by atoms with E-state index in [-0.39, 0.29) is 31.2 Å². The second-order valence-electron chi connectivity index (χ2n) is 3.96.